The highest BCUT2D eigenvalue weighted by Crippen LogP contribution is 2.45. The van der Waals surface area contributed by atoms with Gasteiger partial charge in [0, 0.05) is 17.8 Å². The fourth-order valence-electron chi connectivity index (χ4n) is 3.44. The van der Waals surface area contributed by atoms with Gasteiger partial charge in [0.1, 0.15) is 0 Å². The zero-order chi connectivity index (χ0) is 22.5. The first-order valence-electron chi connectivity index (χ1n) is 9.45. The molecule has 8 nitrogen and oxygen atoms in total. The molecule has 0 aliphatic carbocycles. The van der Waals surface area contributed by atoms with E-state index in [4.69, 9.17) is 0 Å². The molecule has 0 bridgehead atoms. The van der Waals surface area contributed by atoms with E-state index in [-0.39, 0.29) is 22.1 Å². The van der Waals surface area contributed by atoms with Crippen LogP contribution in [-0.4, -0.2) is 37.8 Å². The Labute approximate surface area is 181 Å². The number of nitrogens with zero attached hydrogens (tertiary/aromatic N) is 3. The number of amides is 1. The first-order chi connectivity index (χ1) is 14.6. The number of thiazole rings is 1. The van der Waals surface area contributed by atoms with Crippen LogP contribution in [0.4, 0.5) is 5.13 Å². The average Bonchev–Trinajstić information content (AvgIpc) is 3.25. The summed E-state index contributed by atoms with van der Waals surface area (Å²) in [5.74, 6) is -2.78. The first kappa shape index (κ1) is 20.7. The molecule has 1 aliphatic rings. The van der Waals surface area contributed by atoms with Crippen LogP contribution in [-0.2, 0) is 9.59 Å². The Morgan fingerprint density at radius 3 is 2.55 bits per heavy atom. The number of carboxylic acid groups (broad SMARTS) is 1. The number of aliphatic hydroxyl groups excluding tert-OH is 1. The predicted octanol–water partition coefficient (Wildman–Crippen LogP) is 3.90. The average molecular weight is 437 g/mol. The topological polar surface area (TPSA) is 121 Å². The fraction of sp³-hybridized carbons (Fsp3) is 0.227. The second-order valence-electron chi connectivity index (χ2n) is 8.19. The highest BCUT2D eigenvalue weighted by Gasteiger charge is 2.47. The fourth-order valence-corrected chi connectivity index (χ4v) is 4.47. The number of anilines is 1. The predicted molar refractivity (Wildman–Crippen MR) is 115 cm³/mol. The van der Waals surface area contributed by atoms with Gasteiger partial charge in [-0.1, -0.05) is 38.2 Å². The van der Waals surface area contributed by atoms with Gasteiger partial charge in [-0.15, -0.1) is 0 Å². The second-order valence-corrected chi connectivity index (χ2v) is 9.20. The Balaban J connectivity index is 1.89. The molecule has 31 heavy (non-hydrogen) atoms. The van der Waals surface area contributed by atoms with Gasteiger partial charge in [-0.2, -0.15) is 0 Å². The molecule has 0 fully saturated rings. The quantitative estimate of drug-likeness (QED) is 0.635. The van der Waals surface area contributed by atoms with Crippen LogP contribution in [0.1, 0.15) is 42.7 Å². The minimum absolute atomic E-state index is 0.00372. The number of pyridine rings is 1. The molecule has 0 saturated heterocycles. The van der Waals surface area contributed by atoms with Crippen molar-refractivity contribution in [1.82, 2.24) is 9.97 Å². The van der Waals surface area contributed by atoms with E-state index in [2.05, 4.69) is 9.97 Å². The monoisotopic (exact) mass is 437 g/mol. The molecule has 2 N–H and O–H groups in total. The number of hydrogen-bond acceptors (Lipinski definition) is 7. The standard InChI is InChI=1S/C22H19N3O5S/c1-22(2,3)18(27)15-16(12-5-4-8-23-10-12)25(19(28)17(15)26)21-24-13-7-6-11(20(29)30)9-14(13)31-21/h4-10,16,26H,1-3H3,(H,29,30). The lowest BCUT2D eigenvalue weighted by Crippen LogP contribution is -2.32. The van der Waals surface area contributed by atoms with E-state index in [0.717, 1.165) is 11.3 Å². The number of aliphatic hydroxyl groups is 1. The number of carbonyl (C=O) groups excluding carboxylic acids is 2. The van der Waals surface area contributed by atoms with Gasteiger partial charge in [-0.25, -0.2) is 9.78 Å². The molecule has 1 amide bonds. The Morgan fingerprint density at radius 1 is 1.19 bits per heavy atom. The Morgan fingerprint density at radius 2 is 1.94 bits per heavy atom. The van der Waals surface area contributed by atoms with Crippen LogP contribution in [0.5, 0.6) is 0 Å². The maximum absolute atomic E-state index is 13.2. The molecule has 2 aromatic heterocycles. The van der Waals surface area contributed by atoms with Crippen molar-refractivity contribution in [1.29, 1.82) is 0 Å². The lowest BCUT2D eigenvalue weighted by molar-refractivity contribution is -0.123. The molecule has 1 atom stereocenters. The summed E-state index contributed by atoms with van der Waals surface area (Å²) in [6, 6.07) is 6.99. The van der Waals surface area contributed by atoms with Gasteiger partial charge < -0.3 is 10.2 Å². The van der Waals surface area contributed by atoms with E-state index in [1.165, 1.54) is 23.2 Å². The van der Waals surface area contributed by atoms with Gasteiger partial charge in [0.2, 0.25) is 0 Å². The molecule has 3 heterocycles. The molecule has 3 aromatic rings. The van der Waals surface area contributed by atoms with Crippen LogP contribution in [0.3, 0.4) is 0 Å². The number of fused-ring (bicyclic) bond motifs is 1. The van der Waals surface area contributed by atoms with Gasteiger partial charge >= 0.3 is 5.97 Å². The molecule has 1 aliphatic heterocycles. The third-order valence-corrected chi connectivity index (χ3v) is 5.98. The third-order valence-electron chi connectivity index (χ3n) is 4.96. The zero-order valence-electron chi connectivity index (χ0n) is 17.0. The Bertz CT molecular complexity index is 1260. The summed E-state index contributed by atoms with van der Waals surface area (Å²) in [6.07, 6.45) is 3.11. The number of hydrogen-bond donors (Lipinski definition) is 2. The van der Waals surface area contributed by atoms with E-state index >= 15 is 0 Å². The van der Waals surface area contributed by atoms with Gasteiger partial charge in [0.25, 0.3) is 5.91 Å². The molecular weight excluding hydrogens is 418 g/mol. The van der Waals surface area contributed by atoms with Crippen LogP contribution >= 0.6 is 11.3 Å². The highest BCUT2D eigenvalue weighted by atomic mass is 32.1. The van der Waals surface area contributed by atoms with Crippen molar-refractivity contribution in [2.24, 2.45) is 5.41 Å². The summed E-state index contributed by atoms with van der Waals surface area (Å²) in [4.78, 5) is 47.4. The van der Waals surface area contributed by atoms with E-state index in [1.807, 2.05) is 0 Å². The molecule has 0 saturated carbocycles. The van der Waals surface area contributed by atoms with Crippen molar-refractivity contribution in [2.75, 3.05) is 4.90 Å². The number of rotatable bonds is 4. The minimum atomic E-state index is -1.07. The number of aromatic carboxylic acids is 1. The van der Waals surface area contributed by atoms with Gasteiger partial charge in [0.05, 0.1) is 27.4 Å². The number of Topliss-reactive ketones (excluding diaryl/α,β-unsaturated/α-hetero) is 1. The molecule has 9 heteroatoms. The summed E-state index contributed by atoms with van der Waals surface area (Å²) in [5.41, 5.74) is 0.333. The molecular formula is C22H19N3O5S. The van der Waals surface area contributed by atoms with Crippen molar-refractivity contribution < 1.29 is 24.6 Å². The molecule has 1 aromatic carbocycles. The summed E-state index contributed by atoms with van der Waals surface area (Å²) in [7, 11) is 0. The summed E-state index contributed by atoms with van der Waals surface area (Å²) in [5, 5.41) is 20.2. The Kier molecular flexibility index (Phi) is 4.85. The van der Waals surface area contributed by atoms with Crippen LogP contribution in [0.15, 0.2) is 54.1 Å². The van der Waals surface area contributed by atoms with Crippen molar-refractivity contribution in [3.8, 4) is 0 Å². The summed E-state index contributed by atoms with van der Waals surface area (Å²) in [6.45, 7) is 5.15. The summed E-state index contributed by atoms with van der Waals surface area (Å²) >= 11 is 1.11. The largest absolute Gasteiger partial charge is 0.503 e. The zero-order valence-corrected chi connectivity index (χ0v) is 17.8. The van der Waals surface area contributed by atoms with Crippen molar-refractivity contribution in [3.05, 3.63) is 65.2 Å². The van der Waals surface area contributed by atoms with Crippen molar-refractivity contribution in [2.45, 2.75) is 26.8 Å². The lowest BCUT2D eigenvalue weighted by atomic mass is 9.82. The number of carboxylic acids is 1. The van der Waals surface area contributed by atoms with E-state index < -0.39 is 29.1 Å². The van der Waals surface area contributed by atoms with E-state index in [9.17, 15) is 24.6 Å². The molecule has 0 spiro atoms. The summed E-state index contributed by atoms with van der Waals surface area (Å²) < 4.78 is 0.572. The van der Waals surface area contributed by atoms with Crippen LogP contribution in [0, 0.1) is 5.41 Å². The SMILES string of the molecule is CC(C)(C)C(=O)C1=C(O)C(=O)N(c2nc3ccc(C(=O)O)cc3s2)C1c1cccnc1. The molecule has 0 radical (unpaired) electrons. The number of benzene rings is 1. The van der Waals surface area contributed by atoms with E-state index in [0.29, 0.717) is 15.8 Å². The van der Waals surface area contributed by atoms with Gasteiger partial charge in [0.15, 0.2) is 16.7 Å². The smallest absolute Gasteiger partial charge is 0.335 e. The maximum Gasteiger partial charge on any atom is 0.335 e. The normalized spacial score (nSPS) is 16.9. The van der Waals surface area contributed by atoms with Crippen LogP contribution in [0.2, 0.25) is 0 Å². The third kappa shape index (κ3) is 3.46. The van der Waals surface area contributed by atoms with Crippen LogP contribution < -0.4 is 4.90 Å². The van der Waals surface area contributed by atoms with Gasteiger partial charge in [-0.3, -0.25) is 19.5 Å². The minimum Gasteiger partial charge on any atom is -0.503 e. The first-order valence-corrected chi connectivity index (χ1v) is 10.3. The second kappa shape index (κ2) is 7.28. The number of carbonyl (C=O) groups is 3. The van der Waals surface area contributed by atoms with Crippen molar-refractivity contribution >= 4 is 44.3 Å². The highest BCUT2D eigenvalue weighted by molar-refractivity contribution is 7.22. The lowest BCUT2D eigenvalue weighted by Gasteiger charge is -2.26. The number of ketones is 1. The maximum atomic E-state index is 13.2. The van der Waals surface area contributed by atoms with Crippen LogP contribution in [0.25, 0.3) is 10.2 Å². The van der Waals surface area contributed by atoms with Crippen molar-refractivity contribution in [3.63, 3.8) is 0 Å². The Hall–Kier alpha value is -3.59. The molecule has 1 unspecified atom stereocenters. The van der Waals surface area contributed by atoms with Gasteiger partial charge in [-0.05, 0) is 29.8 Å². The molecule has 158 valence electrons. The number of aromatic nitrogens is 2. The molecule has 4 rings (SSSR count). The van der Waals surface area contributed by atoms with E-state index in [1.54, 1.807) is 45.2 Å².